The SMILES string of the molecule is Clc1cccc(OCC2=NCCN2)c1Cl. The van der Waals surface area contributed by atoms with E-state index in [4.69, 9.17) is 27.9 Å². The van der Waals surface area contributed by atoms with Crippen LogP contribution in [0.15, 0.2) is 23.2 Å². The van der Waals surface area contributed by atoms with Crippen LogP contribution in [0, 0.1) is 0 Å². The lowest BCUT2D eigenvalue weighted by Crippen LogP contribution is -2.24. The molecule has 0 bridgehead atoms. The minimum Gasteiger partial charge on any atom is -0.484 e. The average molecular weight is 245 g/mol. The Morgan fingerprint density at radius 2 is 2.27 bits per heavy atom. The highest BCUT2D eigenvalue weighted by Gasteiger charge is 2.08. The van der Waals surface area contributed by atoms with Crippen molar-refractivity contribution in [1.82, 2.24) is 5.32 Å². The molecular formula is C10H10Cl2N2O. The Kier molecular flexibility index (Phi) is 3.34. The number of rotatable bonds is 3. The lowest BCUT2D eigenvalue weighted by Gasteiger charge is -2.08. The highest BCUT2D eigenvalue weighted by molar-refractivity contribution is 6.42. The summed E-state index contributed by atoms with van der Waals surface area (Å²) in [4.78, 5) is 4.21. The van der Waals surface area contributed by atoms with E-state index in [0.717, 1.165) is 18.9 Å². The molecule has 2 rings (SSSR count). The van der Waals surface area contributed by atoms with Gasteiger partial charge >= 0.3 is 0 Å². The minimum atomic E-state index is 0.403. The molecule has 1 aliphatic rings. The number of halogens is 2. The molecule has 0 fully saturated rings. The van der Waals surface area contributed by atoms with Gasteiger partial charge in [0.2, 0.25) is 0 Å². The van der Waals surface area contributed by atoms with Crippen LogP contribution in [0.5, 0.6) is 5.75 Å². The Bertz CT molecular complexity index is 393. The van der Waals surface area contributed by atoms with Gasteiger partial charge in [0.1, 0.15) is 23.2 Å². The molecule has 0 aromatic heterocycles. The number of amidine groups is 1. The van der Waals surface area contributed by atoms with E-state index >= 15 is 0 Å². The first kappa shape index (κ1) is 10.6. The van der Waals surface area contributed by atoms with E-state index in [1.807, 2.05) is 0 Å². The summed E-state index contributed by atoms with van der Waals surface area (Å²) < 4.78 is 5.49. The maximum atomic E-state index is 5.96. The topological polar surface area (TPSA) is 33.6 Å². The summed E-state index contributed by atoms with van der Waals surface area (Å²) in [6.07, 6.45) is 0. The van der Waals surface area contributed by atoms with Gasteiger partial charge in [0.05, 0.1) is 11.6 Å². The van der Waals surface area contributed by atoms with Crippen molar-refractivity contribution in [3.8, 4) is 5.75 Å². The van der Waals surface area contributed by atoms with Crippen molar-refractivity contribution < 1.29 is 4.74 Å². The number of nitrogens with zero attached hydrogens (tertiary/aromatic N) is 1. The highest BCUT2D eigenvalue weighted by Crippen LogP contribution is 2.31. The number of hydrogen-bond donors (Lipinski definition) is 1. The third kappa shape index (κ3) is 2.55. The van der Waals surface area contributed by atoms with Crippen LogP contribution in [-0.2, 0) is 0 Å². The standard InChI is InChI=1S/C10H10Cl2N2O/c11-7-2-1-3-8(10(7)12)15-6-9-13-4-5-14-9/h1-3H,4-6H2,(H,13,14). The molecule has 0 saturated carbocycles. The molecule has 1 aliphatic heterocycles. The molecule has 1 heterocycles. The number of benzene rings is 1. The summed E-state index contributed by atoms with van der Waals surface area (Å²) in [5.41, 5.74) is 0. The Morgan fingerprint density at radius 3 is 3.00 bits per heavy atom. The van der Waals surface area contributed by atoms with Gasteiger partial charge in [-0.3, -0.25) is 4.99 Å². The summed E-state index contributed by atoms with van der Waals surface area (Å²) in [5.74, 6) is 1.44. The van der Waals surface area contributed by atoms with Gasteiger partial charge in [-0.05, 0) is 12.1 Å². The first-order valence-corrected chi connectivity index (χ1v) is 5.37. The fraction of sp³-hybridized carbons (Fsp3) is 0.300. The summed E-state index contributed by atoms with van der Waals surface area (Å²) in [6.45, 7) is 2.09. The predicted octanol–water partition coefficient (Wildman–Crippen LogP) is 2.37. The van der Waals surface area contributed by atoms with Crippen LogP contribution in [0.4, 0.5) is 0 Å². The Morgan fingerprint density at radius 1 is 1.40 bits per heavy atom. The van der Waals surface area contributed by atoms with Crippen LogP contribution in [0.25, 0.3) is 0 Å². The van der Waals surface area contributed by atoms with Crippen molar-refractivity contribution in [2.24, 2.45) is 4.99 Å². The third-order valence-electron chi connectivity index (χ3n) is 2.02. The van der Waals surface area contributed by atoms with Gasteiger partial charge in [0.15, 0.2) is 0 Å². The number of nitrogens with one attached hydrogen (secondary N) is 1. The van der Waals surface area contributed by atoms with Gasteiger partial charge in [-0.2, -0.15) is 0 Å². The van der Waals surface area contributed by atoms with E-state index < -0.39 is 0 Å². The van der Waals surface area contributed by atoms with Crippen LogP contribution in [0.2, 0.25) is 10.0 Å². The van der Waals surface area contributed by atoms with Gasteiger partial charge in [-0.1, -0.05) is 29.3 Å². The number of aliphatic imine (C=N–C) groups is 1. The van der Waals surface area contributed by atoms with E-state index in [1.165, 1.54) is 0 Å². The van der Waals surface area contributed by atoms with E-state index in [1.54, 1.807) is 18.2 Å². The summed E-state index contributed by atoms with van der Waals surface area (Å²) in [5, 5.41) is 4.05. The molecule has 3 nitrogen and oxygen atoms in total. The molecule has 1 aromatic rings. The van der Waals surface area contributed by atoms with Crippen LogP contribution in [0.1, 0.15) is 0 Å². The van der Waals surface area contributed by atoms with Gasteiger partial charge in [0, 0.05) is 6.54 Å². The molecule has 0 radical (unpaired) electrons. The van der Waals surface area contributed by atoms with Crippen LogP contribution in [0.3, 0.4) is 0 Å². The second-order valence-corrected chi connectivity index (χ2v) is 3.88. The second-order valence-electron chi connectivity index (χ2n) is 3.10. The number of ether oxygens (including phenoxy) is 1. The van der Waals surface area contributed by atoms with Crippen molar-refractivity contribution in [2.75, 3.05) is 19.7 Å². The molecule has 0 unspecified atom stereocenters. The van der Waals surface area contributed by atoms with E-state index in [9.17, 15) is 0 Å². The van der Waals surface area contributed by atoms with Crippen LogP contribution in [-0.4, -0.2) is 25.5 Å². The lowest BCUT2D eigenvalue weighted by molar-refractivity contribution is 0.374. The third-order valence-corrected chi connectivity index (χ3v) is 2.83. The van der Waals surface area contributed by atoms with Gasteiger partial charge in [0.25, 0.3) is 0 Å². The quantitative estimate of drug-likeness (QED) is 0.886. The van der Waals surface area contributed by atoms with Crippen LogP contribution >= 0.6 is 23.2 Å². The zero-order valence-electron chi connectivity index (χ0n) is 7.96. The smallest absolute Gasteiger partial charge is 0.145 e. The van der Waals surface area contributed by atoms with E-state index in [-0.39, 0.29) is 0 Å². The molecule has 0 aliphatic carbocycles. The molecule has 15 heavy (non-hydrogen) atoms. The molecule has 0 saturated heterocycles. The van der Waals surface area contributed by atoms with Crippen molar-refractivity contribution in [3.63, 3.8) is 0 Å². The van der Waals surface area contributed by atoms with E-state index in [2.05, 4.69) is 10.3 Å². The molecule has 0 spiro atoms. The van der Waals surface area contributed by atoms with Crippen molar-refractivity contribution in [2.45, 2.75) is 0 Å². The van der Waals surface area contributed by atoms with Crippen molar-refractivity contribution in [3.05, 3.63) is 28.2 Å². The maximum Gasteiger partial charge on any atom is 0.145 e. The molecule has 5 heteroatoms. The Balaban J connectivity index is 2.01. The summed E-state index contributed by atoms with van der Waals surface area (Å²) >= 11 is 11.8. The lowest BCUT2D eigenvalue weighted by atomic mass is 10.3. The summed E-state index contributed by atoms with van der Waals surface area (Å²) in [6, 6.07) is 5.30. The zero-order chi connectivity index (χ0) is 10.7. The monoisotopic (exact) mass is 244 g/mol. The maximum absolute atomic E-state index is 5.96. The Labute approximate surface area is 98.1 Å². The molecule has 1 N–H and O–H groups in total. The molecule has 0 amide bonds. The van der Waals surface area contributed by atoms with Crippen LogP contribution < -0.4 is 10.1 Å². The average Bonchev–Trinajstić information content (AvgIpc) is 2.73. The first-order valence-electron chi connectivity index (χ1n) is 4.61. The highest BCUT2D eigenvalue weighted by atomic mass is 35.5. The fourth-order valence-corrected chi connectivity index (χ4v) is 1.63. The molecule has 1 aromatic carbocycles. The first-order chi connectivity index (χ1) is 7.27. The number of hydrogen-bond acceptors (Lipinski definition) is 3. The fourth-order valence-electron chi connectivity index (χ4n) is 1.29. The summed E-state index contributed by atoms with van der Waals surface area (Å²) in [7, 11) is 0. The second kappa shape index (κ2) is 4.73. The molecule has 0 atom stereocenters. The van der Waals surface area contributed by atoms with Gasteiger partial charge in [-0.25, -0.2) is 0 Å². The van der Waals surface area contributed by atoms with E-state index in [0.29, 0.717) is 22.4 Å². The predicted molar refractivity (Wildman–Crippen MR) is 62.3 cm³/mol. The van der Waals surface area contributed by atoms with Crippen molar-refractivity contribution in [1.29, 1.82) is 0 Å². The van der Waals surface area contributed by atoms with Gasteiger partial charge in [-0.15, -0.1) is 0 Å². The van der Waals surface area contributed by atoms with Crippen molar-refractivity contribution >= 4 is 29.0 Å². The Hall–Kier alpha value is -0.930. The zero-order valence-corrected chi connectivity index (χ0v) is 9.48. The molecule has 80 valence electrons. The largest absolute Gasteiger partial charge is 0.484 e. The van der Waals surface area contributed by atoms with Gasteiger partial charge < -0.3 is 10.1 Å². The minimum absolute atomic E-state index is 0.403. The molecular weight excluding hydrogens is 235 g/mol. The normalized spacial score (nSPS) is 14.7.